The molecule has 6 rings (SSSR count). The fraction of sp³-hybridized carbons (Fsp3) is 0.265. The molecule has 41 heavy (non-hydrogen) atoms. The van der Waals surface area contributed by atoms with Crippen LogP contribution in [0.15, 0.2) is 91.3 Å². The van der Waals surface area contributed by atoms with E-state index in [1.807, 2.05) is 30.3 Å². The molecule has 7 nitrogen and oxygen atoms in total. The summed E-state index contributed by atoms with van der Waals surface area (Å²) in [5.41, 5.74) is 1.37. The van der Waals surface area contributed by atoms with E-state index in [9.17, 15) is 14.8 Å². The van der Waals surface area contributed by atoms with Gasteiger partial charge in [0.1, 0.15) is 17.8 Å². The molecule has 1 heterocycles. The van der Waals surface area contributed by atoms with Crippen LogP contribution in [-0.2, 0) is 18.4 Å². The molecular formula is C34H31NO6. The van der Waals surface area contributed by atoms with Gasteiger partial charge in [-0.15, -0.1) is 0 Å². The number of rotatable bonds is 9. The summed E-state index contributed by atoms with van der Waals surface area (Å²) in [5.74, 6) is 0.984. The van der Waals surface area contributed by atoms with Crippen molar-refractivity contribution in [3.8, 4) is 17.2 Å². The van der Waals surface area contributed by atoms with Gasteiger partial charge in [-0.2, -0.15) is 4.73 Å². The second-order valence-corrected chi connectivity index (χ2v) is 10.7. The van der Waals surface area contributed by atoms with Gasteiger partial charge < -0.3 is 19.4 Å². The van der Waals surface area contributed by atoms with Crippen LogP contribution in [-0.4, -0.2) is 24.8 Å². The number of ketones is 2. The molecule has 1 aromatic heterocycles. The summed E-state index contributed by atoms with van der Waals surface area (Å²) in [6.45, 7) is 0.340. The zero-order chi connectivity index (χ0) is 28.4. The van der Waals surface area contributed by atoms with Crippen molar-refractivity contribution >= 4 is 11.6 Å². The fourth-order valence-electron chi connectivity index (χ4n) is 5.92. The lowest BCUT2D eigenvalue weighted by molar-refractivity contribution is -0.605. The topological polar surface area (TPSA) is 88.8 Å². The average Bonchev–Trinajstić information content (AvgIpc) is 3.59. The minimum Gasteiger partial charge on any atom is -0.619 e. The molecule has 0 N–H and O–H groups in total. The molecule has 0 radical (unpaired) electrons. The Morgan fingerprint density at radius 3 is 2.29 bits per heavy atom. The van der Waals surface area contributed by atoms with Gasteiger partial charge in [-0.25, -0.2) is 0 Å². The van der Waals surface area contributed by atoms with E-state index in [1.165, 1.54) is 12.4 Å². The number of pyridine rings is 1. The van der Waals surface area contributed by atoms with Gasteiger partial charge >= 0.3 is 0 Å². The van der Waals surface area contributed by atoms with E-state index >= 15 is 0 Å². The number of benzene rings is 3. The number of hydrogen-bond acceptors (Lipinski definition) is 6. The summed E-state index contributed by atoms with van der Waals surface area (Å²) in [4.78, 5) is 28.7. The lowest BCUT2D eigenvalue weighted by Crippen LogP contribution is -2.41. The molecule has 208 valence electrons. The van der Waals surface area contributed by atoms with Crippen molar-refractivity contribution in [2.45, 2.75) is 50.2 Å². The van der Waals surface area contributed by atoms with Crippen LogP contribution in [0.25, 0.3) is 0 Å². The van der Waals surface area contributed by atoms with Crippen LogP contribution in [0.2, 0.25) is 0 Å². The third-order valence-corrected chi connectivity index (χ3v) is 8.10. The van der Waals surface area contributed by atoms with Crippen LogP contribution < -0.4 is 18.9 Å². The van der Waals surface area contributed by atoms with Crippen molar-refractivity contribution < 1.29 is 28.5 Å². The average molecular weight is 550 g/mol. The summed E-state index contributed by atoms with van der Waals surface area (Å²) in [6.07, 6.45) is 7.01. The fourth-order valence-corrected chi connectivity index (χ4v) is 5.92. The van der Waals surface area contributed by atoms with Crippen molar-refractivity contribution in [1.82, 2.24) is 0 Å². The summed E-state index contributed by atoms with van der Waals surface area (Å²) in [5, 5.41) is 11.7. The summed E-state index contributed by atoms with van der Waals surface area (Å²) < 4.78 is 18.6. The first-order chi connectivity index (χ1) is 20.0. The first kappa shape index (κ1) is 26.6. The first-order valence-electron chi connectivity index (χ1n) is 13.9. The molecule has 2 aliphatic rings. The molecule has 0 aliphatic heterocycles. The molecule has 3 aromatic carbocycles. The predicted octanol–water partition coefficient (Wildman–Crippen LogP) is 5.79. The minimum absolute atomic E-state index is 0.0632. The number of carbonyl (C=O) groups is 2. The normalized spacial score (nSPS) is 18.4. The van der Waals surface area contributed by atoms with Crippen molar-refractivity contribution in [1.29, 1.82) is 0 Å². The summed E-state index contributed by atoms with van der Waals surface area (Å²) in [7, 11) is 1.58. The number of carbonyl (C=O) groups excluding carboxylic acids is 2. The van der Waals surface area contributed by atoms with E-state index in [0.717, 1.165) is 31.2 Å². The van der Waals surface area contributed by atoms with Crippen LogP contribution in [0.5, 0.6) is 17.2 Å². The van der Waals surface area contributed by atoms with E-state index in [0.29, 0.717) is 50.8 Å². The van der Waals surface area contributed by atoms with Gasteiger partial charge in [-0.05, 0) is 79.1 Å². The maximum absolute atomic E-state index is 14.4. The molecule has 0 amide bonds. The number of fused-ring (bicyclic) bond motifs is 1. The molecule has 1 unspecified atom stereocenters. The van der Waals surface area contributed by atoms with Crippen molar-refractivity contribution in [2.24, 2.45) is 0 Å². The molecule has 1 fully saturated rings. The molecule has 1 saturated carbocycles. The predicted molar refractivity (Wildman–Crippen MR) is 153 cm³/mol. The van der Waals surface area contributed by atoms with Crippen molar-refractivity contribution in [3.63, 3.8) is 0 Å². The highest BCUT2D eigenvalue weighted by molar-refractivity contribution is 6.33. The smallest absolute Gasteiger partial charge is 0.182 e. The molecule has 2 aliphatic carbocycles. The van der Waals surface area contributed by atoms with Gasteiger partial charge in [-0.3, -0.25) is 9.59 Å². The van der Waals surface area contributed by atoms with Crippen LogP contribution in [0, 0.1) is 5.21 Å². The number of hydrogen-bond donors (Lipinski definition) is 0. The lowest BCUT2D eigenvalue weighted by atomic mass is 9.71. The second-order valence-electron chi connectivity index (χ2n) is 10.7. The number of Topliss-reactive ketones (excluding diaryl/α,β-unsaturated/α-hetero) is 2. The minimum atomic E-state index is -1.53. The monoisotopic (exact) mass is 549 g/mol. The molecule has 4 aromatic rings. The van der Waals surface area contributed by atoms with Gasteiger partial charge in [0.05, 0.1) is 13.2 Å². The Balaban J connectivity index is 1.41. The Morgan fingerprint density at radius 2 is 1.56 bits per heavy atom. The van der Waals surface area contributed by atoms with Gasteiger partial charge in [0, 0.05) is 23.3 Å². The van der Waals surface area contributed by atoms with E-state index in [2.05, 4.69) is 0 Å². The highest BCUT2D eigenvalue weighted by atomic mass is 16.5. The van der Waals surface area contributed by atoms with Crippen LogP contribution in [0.1, 0.15) is 63.1 Å². The summed E-state index contributed by atoms with van der Waals surface area (Å²) >= 11 is 0. The first-order valence-corrected chi connectivity index (χ1v) is 13.9. The largest absolute Gasteiger partial charge is 0.619 e. The number of aromatic nitrogens is 1. The van der Waals surface area contributed by atoms with Gasteiger partial charge in [0.2, 0.25) is 0 Å². The molecular weight excluding hydrogens is 518 g/mol. The highest BCUT2D eigenvalue weighted by Gasteiger charge is 2.54. The van der Waals surface area contributed by atoms with Gasteiger partial charge in [-0.1, -0.05) is 36.4 Å². The van der Waals surface area contributed by atoms with Gasteiger partial charge in [0.15, 0.2) is 35.5 Å². The quantitative estimate of drug-likeness (QED) is 0.149. The molecule has 7 heteroatoms. The molecule has 0 spiro atoms. The van der Waals surface area contributed by atoms with E-state index in [-0.39, 0.29) is 24.1 Å². The molecule has 0 saturated heterocycles. The maximum Gasteiger partial charge on any atom is 0.182 e. The summed E-state index contributed by atoms with van der Waals surface area (Å²) in [6, 6.07) is 23.4. The molecule has 1 atom stereocenters. The van der Waals surface area contributed by atoms with Crippen molar-refractivity contribution in [3.05, 3.63) is 124 Å². The lowest BCUT2D eigenvalue weighted by Gasteiger charge is -2.28. The van der Waals surface area contributed by atoms with Crippen LogP contribution >= 0.6 is 0 Å². The number of nitrogens with zero attached hydrogens (tertiary/aromatic N) is 1. The second kappa shape index (κ2) is 11.1. The van der Waals surface area contributed by atoms with E-state index in [4.69, 9.17) is 14.2 Å². The van der Waals surface area contributed by atoms with E-state index < -0.39 is 5.41 Å². The van der Waals surface area contributed by atoms with Crippen LogP contribution in [0.3, 0.4) is 0 Å². The zero-order valence-electron chi connectivity index (χ0n) is 22.9. The standard InChI is InChI=1S/C34H31NO6/c1-39-30-14-11-25(19-31(30)41-26-9-5-6-10-26)34(21-23-15-17-35(38)18-16-23)32(36)28-13-12-27(20-29(28)33(34)37)40-22-24-7-3-2-4-8-24/h2-4,7-8,11-20,26H,5-6,9-10,21-22H2,1H3. The number of ether oxygens (including phenoxy) is 3. The Morgan fingerprint density at radius 1 is 0.829 bits per heavy atom. The maximum atomic E-state index is 14.4. The third kappa shape index (κ3) is 5.04. The molecule has 0 bridgehead atoms. The van der Waals surface area contributed by atoms with Crippen LogP contribution in [0.4, 0.5) is 0 Å². The number of methoxy groups -OCH3 is 1. The third-order valence-electron chi connectivity index (χ3n) is 8.10. The van der Waals surface area contributed by atoms with Gasteiger partial charge in [0.25, 0.3) is 0 Å². The SMILES string of the molecule is COc1ccc(C2(Cc3cc[n+]([O-])cc3)C(=O)c3ccc(OCc4ccccc4)cc3C2=O)cc1OC1CCCC1. The van der Waals surface area contributed by atoms with Crippen molar-refractivity contribution in [2.75, 3.05) is 7.11 Å². The Bertz CT molecular complexity index is 1580. The Kier molecular flexibility index (Phi) is 7.18. The Labute approximate surface area is 238 Å². The highest BCUT2D eigenvalue weighted by Crippen LogP contribution is 2.46. The Hall–Kier alpha value is -4.65. The zero-order valence-corrected chi connectivity index (χ0v) is 22.9. The van der Waals surface area contributed by atoms with E-state index in [1.54, 1.807) is 55.6 Å².